The van der Waals surface area contributed by atoms with Crippen LogP contribution in [0.2, 0.25) is 10.2 Å². The van der Waals surface area contributed by atoms with Gasteiger partial charge in [0.05, 0.1) is 29.5 Å². The van der Waals surface area contributed by atoms with Crippen LogP contribution in [0, 0.1) is 0 Å². The molecule has 24 heavy (non-hydrogen) atoms. The average Bonchev–Trinajstić information content (AvgIpc) is 2.48. The molecule has 0 atom stereocenters. The van der Waals surface area contributed by atoms with Crippen LogP contribution in [0.1, 0.15) is 5.56 Å². The van der Waals surface area contributed by atoms with Gasteiger partial charge in [-0.2, -0.15) is 13.2 Å². The number of hydrogen-bond donors (Lipinski definition) is 1. The van der Waals surface area contributed by atoms with E-state index in [1.54, 1.807) is 7.05 Å². The number of halogens is 5. The third-order valence-corrected chi connectivity index (χ3v) is 3.43. The molecule has 0 aliphatic heterocycles. The molecule has 2 aromatic rings. The Hall–Kier alpha value is -2.06. The van der Waals surface area contributed by atoms with Crippen molar-refractivity contribution in [1.82, 2.24) is 9.97 Å². The minimum atomic E-state index is -4.61. The number of rotatable bonds is 4. The second-order valence-corrected chi connectivity index (χ2v) is 5.59. The van der Waals surface area contributed by atoms with Gasteiger partial charge in [0.25, 0.3) is 0 Å². The number of benzene rings is 1. The Balaban J connectivity index is 2.07. The fourth-order valence-corrected chi connectivity index (χ4v) is 2.20. The number of likely N-dealkylation sites (N-methyl/N-ethyl adjacent to an activating group) is 1. The van der Waals surface area contributed by atoms with Gasteiger partial charge in [0.1, 0.15) is 11.0 Å². The van der Waals surface area contributed by atoms with Crippen LogP contribution in [0.5, 0.6) is 0 Å². The molecule has 0 aliphatic rings. The van der Waals surface area contributed by atoms with Crippen LogP contribution >= 0.6 is 23.2 Å². The Bertz CT molecular complexity index is 755. The smallest absolute Gasteiger partial charge is 0.349 e. The van der Waals surface area contributed by atoms with Crippen LogP contribution < -0.4 is 10.2 Å². The van der Waals surface area contributed by atoms with E-state index in [2.05, 4.69) is 15.3 Å². The molecule has 1 amide bonds. The summed E-state index contributed by atoms with van der Waals surface area (Å²) in [6.07, 6.45) is -1.86. The molecule has 1 heterocycles. The highest BCUT2D eigenvalue weighted by Crippen LogP contribution is 2.36. The summed E-state index contributed by atoms with van der Waals surface area (Å²) in [5.41, 5.74) is -1.03. The van der Waals surface area contributed by atoms with Gasteiger partial charge in [-0.15, -0.1) is 0 Å². The maximum Gasteiger partial charge on any atom is 0.417 e. The zero-order valence-electron chi connectivity index (χ0n) is 12.2. The van der Waals surface area contributed by atoms with E-state index in [4.69, 9.17) is 23.2 Å². The minimum Gasteiger partial charge on any atom is -0.349 e. The van der Waals surface area contributed by atoms with E-state index in [9.17, 15) is 18.0 Å². The summed E-state index contributed by atoms with van der Waals surface area (Å²) in [6.45, 7) is -0.154. The van der Waals surface area contributed by atoms with E-state index >= 15 is 0 Å². The van der Waals surface area contributed by atoms with Gasteiger partial charge in [0.2, 0.25) is 5.91 Å². The number of nitrogens with zero attached hydrogens (tertiary/aromatic N) is 3. The summed E-state index contributed by atoms with van der Waals surface area (Å²) in [5, 5.41) is 2.10. The van der Waals surface area contributed by atoms with Gasteiger partial charge in [-0.25, -0.2) is 4.98 Å². The standard InChI is InChI=1S/C14H11Cl2F3N4O/c1-23(12-6-20-5-11(16)22-12)7-13(24)21-8-2-3-10(15)9(4-8)14(17,18)19/h2-6H,7H2,1H3,(H,21,24). The number of carbonyl (C=O) groups is 1. The number of carbonyl (C=O) groups excluding carboxylic acids is 1. The van der Waals surface area contributed by atoms with Crippen molar-refractivity contribution in [2.75, 3.05) is 23.8 Å². The van der Waals surface area contributed by atoms with Crippen LogP contribution in [-0.4, -0.2) is 29.5 Å². The van der Waals surface area contributed by atoms with Gasteiger partial charge in [0.15, 0.2) is 0 Å². The van der Waals surface area contributed by atoms with Crippen LogP contribution in [0.4, 0.5) is 24.7 Å². The van der Waals surface area contributed by atoms with Crippen LogP contribution in [-0.2, 0) is 11.0 Å². The molecule has 0 radical (unpaired) electrons. The van der Waals surface area contributed by atoms with Crippen molar-refractivity contribution in [3.8, 4) is 0 Å². The molecular weight excluding hydrogens is 368 g/mol. The topological polar surface area (TPSA) is 58.1 Å². The average molecular weight is 379 g/mol. The molecule has 0 bridgehead atoms. The number of anilines is 2. The lowest BCUT2D eigenvalue weighted by Crippen LogP contribution is -2.30. The first-order valence-electron chi connectivity index (χ1n) is 6.52. The number of hydrogen-bond acceptors (Lipinski definition) is 4. The Morgan fingerprint density at radius 3 is 2.62 bits per heavy atom. The van der Waals surface area contributed by atoms with Crippen LogP contribution in [0.3, 0.4) is 0 Å². The predicted octanol–water partition coefficient (Wildman–Crippen LogP) is 3.88. The van der Waals surface area contributed by atoms with Crippen molar-refractivity contribution in [2.45, 2.75) is 6.18 Å². The molecular formula is C14H11Cl2F3N4O. The van der Waals surface area contributed by atoms with E-state index in [0.717, 1.165) is 12.1 Å². The molecule has 0 aliphatic carbocycles. The van der Waals surface area contributed by atoms with E-state index in [0.29, 0.717) is 5.82 Å². The molecule has 5 nitrogen and oxygen atoms in total. The molecule has 1 N–H and O–H groups in total. The first kappa shape index (κ1) is 18.3. The molecule has 0 fully saturated rings. The molecule has 128 valence electrons. The monoisotopic (exact) mass is 378 g/mol. The lowest BCUT2D eigenvalue weighted by atomic mass is 10.2. The predicted molar refractivity (Wildman–Crippen MR) is 85.4 cm³/mol. The Morgan fingerprint density at radius 2 is 2.00 bits per heavy atom. The Morgan fingerprint density at radius 1 is 1.29 bits per heavy atom. The first-order chi connectivity index (χ1) is 11.2. The second kappa shape index (κ2) is 7.23. The summed E-state index contributed by atoms with van der Waals surface area (Å²) in [7, 11) is 1.57. The number of aromatic nitrogens is 2. The van der Waals surface area contributed by atoms with Gasteiger partial charge < -0.3 is 10.2 Å². The van der Waals surface area contributed by atoms with Gasteiger partial charge in [-0.1, -0.05) is 23.2 Å². The zero-order valence-corrected chi connectivity index (χ0v) is 13.7. The van der Waals surface area contributed by atoms with Crippen molar-refractivity contribution < 1.29 is 18.0 Å². The lowest BCUT2D eigenvalue weighted by molar-refractivity contribution is -0.137. The molecule has 2 rings (SSSR count). The van der Waals surface area contributed by atoms with Gasteiger partial charge in [-0.05, 0) is 18.2 Å². The van der Waals surface area contributed by atoms with Gasteiger partial charge in [0, 0.05) is 12.7 Å². The molecule has 0 unspecified atom stereocenters. The van der Waals surface area contributed by atoms with E-state index in [1.807, 2.05) is 0 Å². The second-order valence-electron chi connectivity index (χ2n) is 4.80. The number of amides is 1. The molecule has 10 heteroatoms. The summed E-state index contributed by atoms with van der Waals surface area (Å²) in [4.78, 5) is 21.2. The molecule has 0 saturated carbocycles. The maximum absolute atomic E-state index is 12.8. The summed E-state index contributed by atoms with van der Waals surface area (Å²) in [6, 6.07) is 3.14. The quantitative estimate of drug-likeness (QED) is 0.876. The Labute approximate surface area is 145 Å². The SMILES string of the molecule is CN(CC(=O)Nc1ccc(Cl)c(C(F)(F)F)c1)c1cncc(Cl)n1. The van der Waals surface area contributed by atoms with Crippen LogP contribution in [0.25, 0.3) is 0 Å². The summed E-state index contributed by atoms with van der Waals surface area (Å²) >= 11 is 11.2. The molecule has 1 aromatic carbocycles. The highest BCUT2D eigenvalue weighted by molar-refractivity contribution is 6.31. The summed E-state index contributed by atoms with van der Waals surface area (Å²) < 4.78 is 38.4. The third-order valence-electron chi connectivity index (χ3n) is 2.92. The van der Waals surface area contributed by atoms with Gasteiger partial charge >= 0.3 is 6.18 Å². The normalized spacial score (nSPS) is 11.2. The van der Waals surface area contributed by atoms with E-state index in [1.165, 1.54) is 23.4 Å². The highest BCUT2D eigenvalue weighted by atomic mass is 35.5. The molecule has 0 saturated heterocycles. The van der Waals surface area contributed by atoms with Crippen molar-refractivity contribution in [2.24, 2.45) is 0 Å². The van der Waals surface area contributed by atoms with Crippen molar-refractivity contribution in [1.29, 1.82) is 0 Å². The zero-order chi connectivity index (χ0) is 17.9. The van der Waals surface area contributed by atoms with Crippen molar-refractivity contribution >= 4 is 40.6 Å². The Kier molecular flexibility index (Phi) is 5.51. The van der Waals surface area contributed by atoms with Crippen LogP contribution in [0.15, 0.2) is 30.6 Å². The van der Waals surface area contributed by atoms with Gasteiger partial charge in [-0.3, -0.25) is 9.78 Å². The van der Waals surface area contributed by atoms with E-state index < -0.39 is 22.7 Å². The molecule has 1 aromatic heterocycles. The largest absolute Gasteiger partial charge is 0.417 e. The minimum absolute atomic E-state index is 0.0118. The molecule has 0 spiro atoms. The summed E-state index contributed by atoms with van der Waals surface area (Å²) in [5.74, 6) is -0.181. The highest BCUT2D eigenvalue weighted by Gasteiger charge is 2.33. The number of alkyl halides is 3. The van der Waals surface area contributed by atoms with Crippen molar-refractivity contribution in [3.63, 3.8) is 0 Å². The fraction of sp³-hybridized carbons (Fsp3) is 0.214. The van der Waals surface area contributed by atoms with E-state index in [-0.39, 0.29) is 17.4 Å². The van der Waals surface area contributed by atoms with Crippen molar-refractivity contribution in [3.05, 3.63) is 46.3 Å². The first-order valence-corrected chi connectivity index (χ1v) is 7.27. The third kappa shape index (κ3) is 4.72. The lowest BCUT2D eigenvalue weighted by Gasteiger charge is -2.17. The number of nitrogens with one attached hydrogen (secondary N) is 1. The maximum atomic E-state index is 12.8. The fourth-order valence-electron chi connectivity index (χ4n) is 1.83.